The van der Waals surface area contributed by atoms with Crippen LogP contribution in [-0.2, 0) is 9.59 Å². The normalized spacial score (nSPS) is 33.1. The van der Waals surface area contributed by atoms with E-state index in [0.717, 1.165) is 32.0 Å². The van der Waals surface area contributed by atoms with Crippen molar-refractivity contribution in [3.8, 4) is 0 Å². The standard InChI is InChI=1S/C22H27NO2/c24-15-17-11-7-8-14-19(17)20-21(16-9-3-1-4-10-16)23(22(20)25)18-12-5-2-6-13-18/h1,3-4,8-10,14-15,17-21H,2,5-7,11-13H2/t17-,19-,20-,21+/m1/s1. The number of likely N-dealkylation sites (tertiary alicyclic amines) is 1. The summed E-state index contributed by atoms with van der Waals surface area (Å²) in [5.74, 6) is 0.239. The highest BCUT2D eigenvalue weighted by atomic mass is 16.2. The topological polar surface area (TPSA) is 37.4 Å². The number of allylic oxidation sites excluding steroid dienone is 2. The Morgan fingerprint density at radius 3 is 2.48 bits per heavy atom. The van der Waals surface area contributed by atoms with Gasteiger partial charge in [-0.25, -0.2) is 0 Å². The van der Waals surface area contributed by atoms with Crippen molar-refractivity contribution in [1.29, 1.82) is 0 Å². The number of nitrogens with zero attached hydrogens (tertiary/aromatic N) is 1. The summed E-state index contributed by atoms with van der Waals surface area (Å²) in [5.41, 5.74) is 1.22. The Bertz CT molecular complexity index is 647. The zero-order valence-corrected chi connectivity index (χ0v) is 14.7. The maximum atomic E-state index is 13.2. The Hall–Kier alpha value is -1.90. The molecule has 0 bridgehead atoms. The summed E-state index contributed by atoms with van der Waals surface area (Å²) in [5, 5.41) is 0. The smallest absolute Gasteiger partial charge is 0.229 e. The molecular weight excluding hydrogens is 310 g/mol. The lowest BCUT2D eigenvalue weighted by molar-refractivity contribution is -0.168. The van der Waals surface area contributed by atoms with Crippen molar-refractivity contribution >= 4 is 12.2 Å². The Balaban J connectivity index is 1.66. The second kappa shape index (κ2) is 7.15. The Kier molecular flexibility index (Phi) is 4.74. The van der Waals surface area contributed by atoms with Crippen molar-refractivity contribution in [3.05, 3.63) is 48.0 Å². The second-order valence-corrected chi connectivity index (χ2v) is 7.80. The van der Waals surface area contributed by atoms with Gasteiger partial charge in [0.25, 0.3) is 0 Å². The fraction of sp³-hybridized carbons (Fsp3) is 0.545. The summed E-state index contributed by atoms with van der Waals surface area (Å²) in [4.78, 5) is 26.9. The van der Waals surface area contributed by atoms with Crippen LogP contribution in [0.2, 0.25) is 0 Å². The van der Waals surface area contributed by atoms with E-state index in [1.807, 2.05) is 6.07 Å². The van der Waals surface area contributed by atoms with Gasteiger partial charge < -0.3 is 9.69 Å². The van der Waals surface area contributed by atoms with Crippen LogP contribution in [0, 0.1) is 17.8 Å². The van der Waals surface area contributed by atoms with Gasteiger partial charge in [0.15, 0.2) is 0 Å². The lowest BCUT2D eigenvalue weighted by Gasteiger charge is -2.55. The third-order valence-corrected chi connectivity index (χ3v) is 6.40. The van der Waals surface area contributed by atoms with Crippen LogP contribution >= 0.6 is 0 Å². The minimum Gasteiger partial charge on any atom is -0.332 e. The Labute approximate surface area is 150 Å². The Morgan fingerprint density at radius 1 is 1.00 bits per heavy atom. The van der Waals surface area contributed by atoms with Gasteiger partial charge in [0.05, 0.1) is 12.0 Å². The average Bonchev–Trinajstić information content (AvgIpc) is 2.68. The number of amides is 1. The first kappa shape index (κ1) is 16.6. The van der Waals surface area contributed by atoms with Crippen molar-refractivity contribution in [2.75, 3.05) is 0 Å². The summed E-state index contributed by atoms with van der Waals surface area (Å²) in [6.45, 7) is 0. The van der Waals surface area contributed by atoms with E-state index in [-0.39, 0.29) is 29.7 Å². The molecule has 25 heavy (non-hydrogen) atoms. The molecule has 0 aromatic heterocycles. The van der Waals surface area contributed by atoms with Gasteiger partial charge in [-0.05, 0) is 31.2 Å². The minimum atomic E-state index is -0.0731. The highest BCUT2D eigenvalue weighted by Crippen LogP contribution is 2.50. The number of carbonyl (C=O) groups excluding carboxylic acids is 2. The second-order valence-electron chi connectivity index (χ2n) is 7.80. The molecule has 1 aromatic carbocycles. The third-order valence-electron chi connectivity index (χ3n) is 6.40. The molecular formula is C22H27NO2. The number of hydrogen-bond acceptors (Lipinski definition) is 2. The molecule has 2 fully saturated rings. The molecule has 1 amide bonds. The van der Waals surface area contributed by atoms with E-state index in [0.29, 0.717) is 6.04 Å². The average molecular weight is 337 g/mol. The number of aldehydes is 1. The molecule has 1 heterocycles. The van der Waals surface area contributed by atoms with Crippen LogP contribution in [0.3, 0.4) is 0 Å². The first-order valence-corrected chi connectivity index (χ1v) is 9.80. The molecule has 0 radical (unpaired) electrons. The van der Waals surface area contributed by atoms with Gasteiger partial charge in [0.2, 0.25) is 5.91 Å². The molecule has 0 spiro atoms. The minimum absolute atomic E-state index is 0.0151. The van der Waals surface area contributed by atoms with Gasteiger partial charge in [-0.15, -0.1) is 0 Å². The SMILES string of the molecule is O=C[C@H]1CCC=C[C@H]1[C@H]1C(=O)N(C2CCCCC2)[C@H]1c1ccccc1. The summed E-state index contributed by atoms with van der Waals surface area (Å²) in [6.07, 6.45) is 13.2. The summed E-state index contributed by atoms with van der Waals surface area (Å²) in [7, 11) is 0. The van der Waals surface area contributed by atoms with E-state index in [9.17, 15) is 9.59 Å². The predicted molar refractivity (Wildman–Crippen MR) is 97.8 cm³/mol. The van der Waals surface area contributed by atoms with E-state index in [1.54, 1.807) is 0 Å². The monoisotopic (exact) mass is 337 g/mol. The highest BCUT2D eigenvalue weighted by Gasteiger charge is 2.54. The number of carbonyl (C=O) groups is 2. The number of rotatable bonds is 4. The molecule has 3 nitrogen and oxygen atoms in total. The van der Waals surface area contributed by atoms with Gasteiger partial charge in [0.1, 0.15) is 6.29 Å². The van der Waals surface area contributed by atoms with Crippen molar-refractivity contribution in [1.82, 2.24) is 4.90 Å². The van der Waals surface area contributed by atoms with Gasteiger partial charge in [0, 0.05) is 17.9 Å². The van der Waals surface area contributed by atoms with Gasteiger partial charge in [-0.2, -0.15) is 0 Å². The van der Waals surface area contributed by atoms with Gasteiger partial charge in [-0.3, -0.25) is 4.79 Å². The number of β-lactam (4-membered cyclic amide) rings is 1. The van der Waals surface area contributed by atoms with Crippen LogP contribution in [0.25, 0.3) is 0 Å². The van der Waals surface area contributed by atoms with Crippen LogP contribution in [0.15, 0.2) is 42.5 Å². The van der Waals surface area contributed by atoms with Crippen LogP contribution in [0.1, 0.15) is 56.6 Å². The maximum Gasteiger partial charge on any atom is 0.229 e. The van der Waals surface area contributed by atoms with Crippen molar-refractivity contribution in [2.45, 2.75) is 57.0 Å². The van der Waals surface area contributed by atoms with Gasteiger partial charge >= 0.3 is 0 Å². The maximum absolute atomic E-state index is 13.2. The molecule has 2 aliphatic carbocycles. The fourth-order valence-corrected chi connectivity index (χ4v) is 5.12. The lowest BCUT2D eigenvalue weighted by Crippen LogP contribution is -2.62. The quantitative estimate of drug-likeness (QED) is 0.467. The first-order valence-electron chi connectivity index (χ1n) is 9.80. The molecule has 1 saturated heterocycles. The van der Waals surface area contributed by atoms with Crippen LogP contribution in [-0.4, -0.2) is 23.1 Å². The summed E-state index contributed by atoms with van der Waals surface area (Å²) >= 11 is 0. The Morgan fingerprint density at radius 2 is 1.76 bits per heavy atom. The first-order chi connectivity index (χ1) is 12.3. The molecule has 0 unspecified atom stereocenters. The number of benzene rings is 1. The highest BCUT2D eigenvalue weighted by molar-refractivity contribution is 5.88. The molecule has 3 aliphatic rings. The van der Waals surface area contributed by atoms with Crippen molar-refractivity contribution in [2.24, 2.45) is 17.8 Å². The lowest BCUT2D eigenvalue weighted by atomic mass is 9.66. The van der Waals surface area contributed by atoms with E-state index >= 15 is 0 Å². The fourth-order valence-electron chi connectivity index (χ4n) is 5.12. The third kappa shape index (κ3) is 2.94. The van der Waals surface area contributed by atoms with Crippen LogP contribution in [0.5, 0.6) is 0 Å². The predicted octanol–water partition coefficient (Wildman–Crippen LogP) is 4.30. The number of hydrogen-bond donors (Lipinski definition) is 0. The molecule has 1 saturated carbocycles. The van der Waals surface area contributed by atoms with E-state index < -0.39 is 0 Å². The zero-order chi connectivity index (χ0) is 17.2. The summed E-state index contributed by atoms with van der Waals surface area (Å²) < 4.78 is 0. The van der Waals surface area contributed by atoms with Crippen molar-refractivity contribution < 1.29 is 9.59 Å². The van der Waals surface area contributed by atoms with Crippen molar-refractivity contribution in [3.63, 3.8) is 0 Å². The molecule has 0 N–H and O–H groups in total. The van der Waals surface area contributed by atoms with E-state index in [4.69, 9.17) is 0 Å². The molecule has 1 aliphatic heterocycles. The zero-order valence-electron chi connectivity index (χ0n) is 14.7. The molecule has 1 aromatic rings. The summed E-state index contributed by atoms with van der Waals surface area (Å²) in [6, 6.07) is 10.9. The molecule has 4 atom stereocenters. The van der Waals surface area contributed by atoms with Crippen LogP contribution < -0.4 is 0 Å². The van der Waals surface area contributed by atoms with E-state index in [1.165, 1.54) is 24.8 Å². The molecule has 4 rings (SSSR count). The largest absolute Gasteiger partial charge is 0.332 e. The van der Waals surface area contributed by atoms with E-state index in [2.05, 4.69) is 41.3 Å². The molecule has 3 heteroatoms. The van der Waals surface area contributed by atoms with Crippen LogP contribution in [0.4, 0.5) is 0 Å². The molecule has 132 valence electrons. The van der Waals surface area contributed by atoms with Gasteiger partial charge in [-0.1, -0.05) is 61.7 Å².